The average molecular weight is 334 g/mol. The quantitative estimate of drug-likeness (QED) is 0.800. The third kappa shape index (κ3) is 4.71. The zero-order chi connectivity index (χ0) is 17.7. The predicted molar refractivity (Wildman–Crippen MR) is 95.5 cm³/mol. The highest BCUT2D eigenvalue weighted by molar-refractivity contribution is 5.78. The maximum absolute atomic E-state index is 12.5. The Kier molecular flexibility index (Phi) is 6.63. The average Bonchev–Trinajstić information content (AvgIpc) is 2.54. The van der Waals surface area contributed by atoms with Crippen molar-refractivity contribution in [1.82, 2.24) is 9.80 Å². The highest BCUT2D eigenvalue weighted by atomic mass is 16.5. The van der Waals surface area contributed by atoms with Crippen molar-refractivity contribution in [2.75, 3.05) is 40.0 Å². The largest absolute Gasteiger partial charge is 0.484 e. The van der Waals surface area contributed by atoms with Crippen LogP contribution in [0.4, 0.5) is 0 Å². The Labute approximate surface area is 145 Å². The number of carbonyl (C=O) groups excluding carboxylic acids is 1. The molecule has 0 aliphatic carbocycles. The molecule has 5 heteroatoms. The normalized spacial score (nSPS) is 21.8. The van der Waals surface area contributed by atoms with Crippen molar-refractivity contribution in [3.63, 3.8) is 0 Å². The standard InChI is InChI=1S/C19H30N2O3/c1-14-6-7-18(10-15(14)2)24-13-19(22)20-11-16(3)21(8-9-23-5)17(4)12-20/h6-7,10,16-17H,8-9,11-13H2,1-5H3. The molecule has 134 valence electrons. The minimum absolute atomic E-state index is 0.0540. The number of methoxy groups -OCH3 is 1. The van der Waals surface area contributed by atoms with Crippen LogP contribution in [0.2, 0.25) is 0 Å². The Bertz CT molecular complexity index is 550. The van der Waals surface area contributed by atoms with Crippen LogP contribution in [0.3, 0.4) is 0 Å². The molecule has 2 atom stereocenters. The molecule has 0 aromatic heterocycles. The van der Waals surface area contributed by atoms with Gasteiger partial charge in [-0.05, 0) is 51.0 Å². The van der Waals surface area contributed by atoms with Gasteiger partial charge >= 0.3 is 0 Å². The fraction of sp³-hybridized carbons (Fsp3) is 0.632. The van der Waals surface area contributed by atoms with Gasteiger partial charge in [-0.3, -0.25) is 9.69 Å². The maximum Gasteiger partial charge on any atom is 0.260 e. The van der Waals surface area contributed by atoms with Crippen LogP contribution in [-0.2, 0) is 9.53 Å². The van der Waals surface area contributed by atoms with Crippen LogP contribution in [0.15, 0.2) is 18.2 Å². The first-order valence-electron chi connectivity index (χ1n) is 8.65. The Hall–Kier alpha value is -1.59. The van der Waals surface area contributed by atoms with Crippen molar-refractivity contribution in [3.05, 3.63) is 29.3 Å². The Morgan fingerprint density at radius 1 is 1.17 bits per heavy atom. The summed E-state index contributed by atoms with van der Waals surface area (Å²) in [7, 11) is 1.72. The summed E-state index contributed by atoms with van der Waals surface area (Å²) in [5.74, 6) is 0.810. The lowest BCUT2D eigenvalue weighted by Crippen LogP contribution is -2.59. The number of aryl methyl sites for hydroxylation is 2. The molecule has 0 radical (unpaired) electrons. The Morgan fingerprint density at radius 2 is 1.83 bits per heavy atom. The number of hydrogen-bond acceptors (Lipinski definition) is 4. The van der Waals surface area contributed by atoms with Gasteiger partial charge in [-0.15, -0.1) is 0 Å². The molecule has 1 aromatic rings. The molecular weight excluding hydrogens is 304 g/mol. The summed E-state index contributed by atoms with van der Waals surface area (Å²) in [4.78, 5) is 16.8. The van der Waals surface area contributed by atoms with E-state index in [0.717, 1.165) is 32.0 Å². The van der Waals surface area contributed by atoms with Gasteiger partial charge < -0.3 is 14.4 Å². The monoisotopic (exact) mass is 334 g/mol. The van der Waals surface area contributed by atoms with E-state index in [1.165, 1.54) is 11.1 Å². The smallest absolute Gasteiger partial charge is 0.260 e. The molecule has 1 aliphatic heterocycles. The highest BCUT2D eigenvalue weighted by Gasteiger charge is 2.31. The minimum Gasteiger partial charge on any atom is -0.484 e. The van der Waals surface area contributed by atoms with Crippen molar-refractivity contribution in [2.24, 2.45) is 0 Å². The number of ether oxygens (including phenoxy) is 2. The van der Waals surface area contributed by atoms with Gasteiger partial charge in [-0.2, -0.15) is 0 Å². The van der Waals surface area contributed by atoms with Gasteiger partial charge in [0.2, 0.25) is 0 Å². The lowest BCUT2D eigenvalue weighted by atomic mass is 10.1. The topological polar surface area (TPSA) is 42.0 Å². The number of carbonyl (C=O) groups is 1. The summed E-state index contributed by atoms with van der Waals surface area (Å²) in [6.07, 6.45) is 0. The van der Waals surface area contributed by atoms with Crippen molar-refractivity contribution < 1.29 is 14.3 Å². The molecule has 1 aliphatic rings. The number of nitrogens with zero attached hydrogens (tertiary/aromatic N) is 2. The molecule has 5 nitrogen and oxygen atoms in total. The van der Waals surface area contributed by atoms with Gasteiger partial charge in [0.15, 0.2) is 6.61 Å². The van der Waals surface area contributed by atoms with E-state index in [1.807, 2.05) is 30.0 Å². The first-order valence-corrected chi connectivity index (χ1v) is 8.65. The van der Waals surface area contributed by atoms with Crippen LogP contribution >= 0.6 is 0 Å². The molecule has 0 bridgehead atoms. The summed E-state index contributed by atoms with van der Waals surface area (Å²) in [6.45, 7) is 11.6. The molecule has 0 N–H and O–H groups in total. The first kappa shape index (κ1) is 18.7. The minimum atomic E-state index is 0.0540. The summed E-state index contributed by atoms with van der Waals surface area (Å²) in [5.41, 5.74) is 2.40. The summed E-state index contributed by atoms with van der Waals surface area (Å²) in [6, 6.07) is 6.58. The van der Waals surface area contributed by atoms with E-state index in [0.29, 0.717) is 12.1 Å². The number of piperazine rings is 1. The van der Waals surface area contributed by atoms with Crippen LogP contribution in [0.5, 0.6) is 5.75 Å². The SMILES string of the molecule is COCCN1C(C)CN(C(=O)COc2ccc(C)c(C)c2)CC1C. The van der Waals surface area contributed by atoms with E-state index >= 15 is 0 Å². The number of hydrogen-bond donors (Lipinski definition) is 0. The van der Waals surface area contributed by atoms with E-state index in [-0.39, 0.29) is 12.5 Å². The van der Waals surface area contributed by atoms with Gasteiger partial charge in [-0.25, -0.2) is 0 Å². The Morgan fingerprint density at radius 3 is 2.42 bits per heavy atom. The zero-order valence-electron chi connectivity index (χ0n) is 15.5. The molecule has 1 aromatic carbocycles. The fourth-order valence-electron chi connectivity index (χ4n) is 3.24. The van der Waals surface area contributed by atoms with E-state index in [9.17, 15) is 4.79 Å². The molecule has 1 heterocycles. The van der Waals surface area contributed by atoms with E-state index in [2.05, 4.69) is 25.7 Å². The second-order valence-electron chi connectivity index (χ2n) is 6.76. The van der Waals surface area contributed by atoms with Crippen molar-refractivity contribution in [2.45, 2.75) is 39.8 Å². The van der Waals surface area contributed by atoms with E-state index in [4.69, 9.17) is 9.47 Å². The fourth-order valence-corrected chi connectivity index (χ4v) is 3.24. The van der Waals surface area contributed by atoms with Crippen LogP contribution in [0, 0.1) is 13.8 Å². The predicted octanol–water partition coefficient (Wildman–Crippen LogP) is 2.25. The molecule has 0 spiro atoms. The molecule has 2 unspecified atom stereocenters. The first-order chi connectivity index (χ1) is 11.4. The third-order valence-electron chi connectivity index (χ3n) is 4.85. The van der Waals surface area contributed by atoms with Gasteiger partial charge in [0.1, 0.15) is 5.75 Å². The summed E-state index contributed by atoms with van der Waals surface area (Å²) >= 11 is 0. The molecule has 2 rings (SSSR count). The molecule has 1 amide bonds. The maximum atomic E-state index is 12.5. The lowest BCUT2D eigenvalue weighted by molar-refractivity contribution is -0.137. The van der Waals surface area contributed by atoms with Crippen LogP contribution in [0.25, 0.3) is 0 Å². The van der Waals surface area contributed by atoms with Gasteiger partial charge in [-0.1, -0.05) is 6.07 Å². The van der Waals surface area contributed by atoms with E-state index in [1.54, 1.807) is 7.11 Å². The van der Waals surface area contributed by atoms with Gasteiger partial charge in [0, 0.05) is 38.8 Å². The Balaban J connectivity index is 1.87. The number of benzene rings is 1. The molecule has 1 saturated heterocycles. The number of amides is 1. The second-order valence-corrected chi connectivity index (χ2v) is 6.76. The van der Waals surface area contributed by atoms with E-state index < -0.39 is 0 Å². The van der Waals surface area contributed by atoms with Crippen molar-refractivity contribution in [3.8, 4) is 5.75 Å². The number of rotatable bonds is 6. The summed E-state index contributed by atoms with van der Waals surface area (Å²) in [5, 5.41) is 0. The lowest BCUT2D eigenvalue weighted by Gasteiger charge is -2.44. The third-order valence-corrected chi connectivity index (χ3v) is 4.85. The molecule has 1 fully saturated rings. The van der Waals surface area contributed by atoms with Gasteiger partial charge in [0.05, 0.1) is 6.61 Å². The van der Waals surface area contributed by atoms with Crippen molar-refractivity contribution >= 4 is 5.91 Å². The van der Waals surface area contributed by atoms with Crippen LogP contribution < -0.4 is 4.74 Å². The van der Waals surface area contributed by atoms with Crippen LogP contribution in [-0.4, -0.2) is 67.7 Å². The van der Waals surface area contributed by atoms with Gasteiger partial charge in [0.25, 0.3) is 5.91 Å². The second kappa shape index (κ2) is 8.49. The molecular formula is C19H30N2O3. The highest BCUT2D eigenvalue weighted by Crippen LogP contribution is 2.18. The molecule has 0 saturated carbocycles. The summed E-state index contributed by atoms with van der Waals surface area (Å²) < 4.78 is 10.9. The van der Waals surface area contributed by atoms with Crippen molar-refractivity contribution in [1.29, 1.82) is 0 Å². The van der Waals surface area contributed by atoms with Crippen LogP contribution in [0.1, 0.15) is 25.0 Å². The molecule has 24 heavy (non-hydrogen) atoms. The zero-order valence-corrected chi connectivity index (χ0v) is 15.5.